The summed E-state index contributed by atoms with van der Waals surface area (Å²) in [6.45, 7) is 5.19. The molecule has 0 fully saturated rings. The summed E-state index contributed by atoms with van der Waals surface area (Å²) < 4.78 is 5.47. The number of nitrogens with one attached hydrogen (secondary N) is 1. The molecule has 4 nitrogen and oxygen atoms in total. The van der Waals surface area contributed by atoms with Crippen molar-refractivity contribution in [3.05, 3.63) is 36.0 Å². The molecule has 0 unspecified atom stereocenters. The summed E-state index contributed by atoms with van der Waals surface area (Å²) in [6.07, 6.45) is 2.54. The molecule has 0 saturated heterocycles. The van der Waals surface area contributed by atoms with Gasteiger partial charge in [-0.2, -0.15) is 0 Å². The minimum atomic E-state index is 0.113. The Bertz CT molecular complexity index is 575. The molecule has 0 spiro atoms. The Balaban J connectivity index is 1.94. The summed E-state index contributed by atoms with van der Waals surface area (Å²) in [5.74, 6) is 0.113. The quantitative estimate of drug-likeness (QED) is 0.880. The lowest BCUT2D eigenvalue weighted by Gasteiger charge is -2.18. The number of hydrogen-bond donors (Lipinski definition) is 1. The monoisotopic (exact) mass is 274 g/mol. The Labute approximate surface area is 119 Å². The number of rotatable bonds is 6. The second-order valence-electron chi connectivity index (χ2n) is 5.27. The fourth-order valence-electron chi connectivity index (χ4n) is 2.13. The van der Waals surface area contributed by atoms with Crippen LogP contribution in [0.2, 0.25) is 0 Å². The Hall–Kier alpha value is -1.81. The molecular weight excluding hydrogens is 252 g/mol. The van der Waals surface area contributed by atoms with Gasteiger partial charge < -0.3 is 14.6 Å². The lowest BCUT2D eigenvalue weighted by atomic mass is 10.1. The summed E-state index contributed by atoms with van der Waals surface area (Å²) in [4.78, 5) is 17.1. The van der Waals surface area contributed by atoms with E-state index in [0.717, 1.165) is 16.5 Å². The van der Waals surface area contributed by atoms with Crippen LogP contribution in [0.5, 0.6) is 0 Å². The highest BCUT2D eigenvalue weighted by atomic mass is 16.5. The van der Waals surface area contributed by atoms with Crippen LogP contribution in [0.25, 0.3) is 10.9 Å². The predicted octanol–water partition coefficient (Wildman–Crippen LogP) is 2.59. The standard InChI is InChI=1S/C16H22N2O2/c1-12(2)20-9-8-18(3)16(19)10-13-11-17-15-7-5-4-6-14(13)15/h4-7,11-12,17H,8-10H2,1-3H3. The number of carbonyl (C=O) groups excluding carboxylic acids is 1. The van der Waals surface area contributed by atoms with Crippen molar-refractivity contribution in [3.63, 3.8) is 0 Å². The van der Waals surface area contributed by atoms with Crippen molar-refractivity contribution in [1.29, 1.82) is 0 Å². The highest BCUT2D eigenvalue weighted by molar-refractivity contribution is 5.88. The Morgan fingerprint density at radius 2 is 2.10 bits per heavy atom. The molecule has 0 atom stereocenters. The van der Waals surface area contributed by atoms with E-state index in [9.17, 15) is 4.79 Å². The molecule has 4 heteroatoms. The maximum atomic E-state index is 12.2. The summed E-state index contributed by atoms with van der Waals surface area (Å²) in [5, 5.41) is 1.12. The molecule has 1 amide bonds. The van der Waals surface area contributed by atoms with Gasteiger partial charge in [-0.3, -0.25) is 4.79 Å². The van der Waals surface area contributed by atoms with Gasteiger partial charge in [0.15, 0.2) is 0 Å². The van der Waals surface area contributed by atoms with E-state index in [4.69, 9.17) is 4.74 Å². The summed E-state index contributed by atoms with van der Waals surface area (Å²) in [7, 11) is 1.82. The number of H-pyrrole nitrogens is 1. The van der Waals surface area contributed by atoms with Crippen LogP contribution in [-0.2, 0) is 16.0 Å². The van der Waals surface area contributed by atoms with Gasteiger partial charge in [0, 0.05) is 30.7 Å². The Kier molecular flexibility index (Phi) is 4.79. The van der Waals surface area contributed by atoms with Crippen molar-refractivity contribution in [3.8, 4) is 0 Å². The third-order valence-corrected chi connectivity index (χ3v) is 3.32. The maximum absolute atomic E-state index is 12.2. The summed E-state index contributed by atoms with van der Waals surface area (Å²) in [5.41, 5.74) is 2.11. The largest absolute Gasteiger partial charge is 0.377 e. The van der Waals surface area contributed by atoms with Gasteiger partial charge in [0.05, 0.1) is 19.1 Å². The average molecular weight is 274 g/mol. The lowest BCUT2D eigenvalue weighted by molar-refractivity contribution is -0.130. The number of benzene rings is 1. The third kappa shape index (κ3) is 3.61. The molecule has 0 bridgehead atoms. The molecular formula is C16H22N2O2. The number of likely N-dealkylation sites (N-methyl/N-ethyl adjacent to an activating group) is 1. The highest BCUT2D eigenvalue weighted by Crippen LogP contribution is 2.18. The summed E-state index contributed by atoms with van der Waals surface area (Å²) in [6, 6.07) is 8.03. The number of nitrogens with zero attached hydrogens (tertiary/aromatic N) is 1. The van der Waals surface area contributed by atoms with Gasteiger partial charge in [-0.05, 0) is 25.5 Å². The number of aromatic amines is 1. The van der Waals surface area contributed by atoms with E-state index < -0.39 is 0 Å². The van der Waals surface area contributed by atoms with E-state index in [0.29, 0.717) is 19.6 Å². The van der Waals surface area contributed by atoms with Crippen molar-refractivity contribution >= 4 is 16.8 Å². The van der Waals surface area contributed by atoms with Gasteiger partial charge >= 0.3 is 0 Å². The smallest absolute Gasteiger partial charge is 0.226 e. The van der Waals surface area contributed by atoms with Crippen LogP contribution in [0.4, 0.5) is 0 Å². The number of aromatic nitrogens is 1. The lowest BCUT2D eigenvalue weighted by Crippen LogP contribution is -2.31. The molecule has 0 aliphatic carbocycles. The minimum Gasteiger partial charge on any atom is -0.377 e. The van der Waals surface area contributed by atoms with Crippen LogP contribution in [-0.4, -0.2) is 42.1 Å². The normalized spacial score (nSPS) is 11.2. The van der Waals surface area contributed by atoms with E-state index in [1.807, 2.05) is 51.4 Å². The molecule has 0 aliphatic rings. The highest BCUT2D eigenvalue weighted by Gasteiger charge is 2.12. The molecule has 0 radical (unpaired) electrons. The van der Waals surface area contributed by atoms with Gasteiger partial charge in [0.25, 0.3) is 0 Å². The molecule has 0 saturated carbocycles. The molecule has 0 aliphatic heterocycles. The zero-order chi connectivity index (χ0) is 14.5. The molecule has 1 N–H and O–H groups in total. The second kappa shape index (κ2) is 6.57. The third-order valence-electron chi connectivity index (χ3n) is 3.32. The first-order chi connectivity index (χ1) is 9.58. The van der Waals surface area contributed by atoms with Crippen molar-refractivity contribution < 1.29 is 9.53 Å². The van der Waals surface area contributed by atoms with E-state index in [1.54, 1.807) is 4.90 Å². The molecule has 20 heavy (non-hydrogen) atoms. The topological polar surface area (TPSA) is 45.3 Å². The molecule has 1 aromatic carbocycles. The van der Waals surface area contributed by atoms with Crippen LogP contribution >= 0.6 is 0 Å². The van der Waals surface area contributed by atoms with Gasteiger partial charge in [0.1, 0.15) is 0 Å². The van der Waals surface area contributed by atoms with Crippen LogP contribution in [0.1, 0.15) is 19.4 Å². The van der Waals surface area contributed by atoms with Gasteiger partial charge in [-0.25, -0.2) is 0 Å². The van der Waals surface area contributed by atoms with Crippen LogP contribution < -0.4 is 0 Å². The summed E-state index contributed by atoms with van der Waals surface area (Å²) >= 11 is 0. The second-order valence-corrected chi connectivity index (χ2v) is 5.27. The van der Waals surface area contributed by atoms with E-state index in [2.05, 4.69) is 4.98 Å². The van der Waals surface area contributed by atoms with Crippen molar-refractivity contribution in [2.75, 3.05) is 20.2 Å². The van der Waals surface area contributed by atoms with E-state index >= 15 is 0 Å². The van der Waals surface area contributed by atoms with E-state index in [-0.39, 0.29) is 12.0 Å². The predicted molar refractivity (Wildman–Crippen MR) is 80.7 cm³/mol. The van der Waals surface area contributed by atoms with Gasteiger partial charge in [-0.15, -0.1) is 0 Å². The van der Waals surface area contributed by atoms with Crippen LogP contribution in [0.3, 0.4) is 0 Å². The van der Waals surface area contributed by atoms with Crippen LogP contribution in [0.15, 0.2) is 30.5 Å². The SMILES string of the molecule is CC(C)OCCN(C)C(=O)Cc1c[nH]c2ccccc12. The van der Waals surface area contributed by atoms with E-state index in [1.165, 1.54) is 0 Å². The minimum absolute atomic E-state index is 0.113. The molecule has 1 aromatic heterocycles. The number of para-hydroxylation sites is 1. The first-order valence-corrected chi connectivity index (χ1v) is 6.98. The average Bonchev–Trinajstić information content (AvgIpc) is 2.81. The fourth-order valence-corrected chi connectivity index (χ4v) is 2.13. The fraction of sp³-hybridized carbons (Fsp3) is 0.438. The molecule has 108 valence electrons. The van der Waals surface area contributed by atoms with Gasteiger partial charge in [0.2, 0.25) is 5.91 Å². The Morgan fingerprint density at radius 3 is 2.85 bits per heavy atom. The number of ether oxygens (including phenoxy) is 1. The number of amides is 1. The van der Waals surface area contributed by atoms with Crippen molar-refractivity contribution in [2.24, 2.45) is 0 Å². The van der Waals surface area contributed by atoms with Crippen molar-refractivity contribution in [2.45, 2.75) is 26.4 Å². The maximum Gasteiger partial charge on any atom is 0.226 e. The molecule has 2 aromatic rings. The number of carbonyl (C=O) groups is 1. The molecule has 1 heterocycles. The number of hydrogen-bond acceptors (Lipinski definition) is 2. The zero-order valence-corrected chi connectivity index (χ0v) is 12.3. The number of fused-ring (bicyclic) bond motifs is 1. The first kappa shape index (κ1) is 14.6. The van der Waals surface area contributed by atoms with Gasteiger partial charge in [-0.1, -0.05) is 18.2 Å². The first-order valence-electron chi connectivity index (χ1n) is 6.98. The van der Waals surface area contributed by atoms with Crippen molar-refractivity contribution in [1.82, 2.24) is 9.88 Å². The zero-order valence-electron chi connectivity index (χ0n) is 12.3. The Morgan fingerprint density at radius 1 is 1.35 bits per heavy atom. The molecule has 2 rings (SSSR count). The van der Waals surface area contributed by atoms with Crippen LogP contribution in [0, 0.1) is 0 Å².